The van der Waals surface area contributed by atoms with Gasteiger partial charge < -0.3 is 16.4 Å². The van der Waals surface area contributed by atoms with E-state index < -0.39 is 23.2 Å². The maximum Gasteiger partial charge on any atom is 0.273 e. The fourth-order valence-electron chi connectivity index (χ4n) is 5.66. The normalized spacial score (nSPS) is 21.1. The van der Waals surface area contributed by atoms with Crippen molar-refractivity contribution in [2.75, 3.05) is 18.8 Å². The number of hydrogen-bond donors (Lipinski definition) is 2. The Bertz CT molecular complexity index is 1430. The number of aromatic nitrogens is 4. The number of carbonyl (C=O) groups is 2. The summed E-state index contributed by atoms with van der Waals surface area (Å²) < 4.78 is 45.2. The first-order valence-corrected chi connectivity index (χ1v) is 12.2. The third-order valence-corrected chi connectivity index (χ3v) is 7.59. The van der Waals surface area contributed by atoms with Gasteiger partial charge in [-0.3, -0.25) is 14.3 Å². The van der Waals surface area contributed by atoms with Crippen molar-refractivity contribution in [3.05, 3.63) is 65.8 Å². The Kier molecular flexibility index (Phi) is 6.07. The number of rotatable bonds is 7. The van der Waals surface area contributed by atoms with Crippen LogP contribution in [0.15, 0.2) is 43.2 Å². The van der Waals surface area contributed by atoms with Gasteiger partial charge in [-0.15, -0.1) is 0 Å². The lowest BCUT2D eigenvalue weighted by Crippen LogP contribution is -2.42. The molecule has 1 spiro atoms. The number of likely N-dealkylation sites (tertiary alicyclic amines) is 1. The van der Waals surface area contributed by atoms with Crippen molar-refractivity contribution >= 4 is 17.6 Å². The van der Waals surface area contributed by atoms with Crippen LogP contribution in [0.25, 0.3) is 11.3 Å². The molecule has 3 aromatic rings. The summed E-state index contributed by atoms with van der Waals surface area (Å²) in [5.74, 6) is -5.02. The highest BCUT2D eigenvalue weighted by atomic mass is 19.3. The van der Waals surface area contributed by atoms with Crippen LogP contribution in [0.5, 0.6) is 0 Å². The summed E-state index contributed by atoms with van der Waals surface area (Å²) in [5, 5.41) is 8.80. The van der Waals surface area contributed by atoms with E-state index in [1.165, 1.54) is 35.3 Å². The van der Waals surface area contributed by atoms with Crippen molar-refractivity contribution < 1.29 is 22.8 Å². The number of amides is 2. The van der Waals surface area contributed by atoms with Gasteiger partial charge in [-0.05, 0) is 30.8 Å². The minimum absolute atomic E-state index is 0.0203. The summed E-state index contributed by atoms with van der Waals surface area (Å²) >= 11 is 0. The summed E-state index contributed by atoms with van der Waals surface area (Å²) in [4.78, 5) is 26.1. The first-order valence-electron chi connectivity index (χ1n) is 12.2. The van der Waals surface area contributed by atoms with Gasteiger partial charge in [0, 0.05) is 37.3 Å². The molecule has 0 unspecified atom stereocenters. The SMILES string of the molecule is C=CC(=O)N1CCC2(CC(n3nc(-c4cnn(Cc5cccc(C(C)(F)F)c5F)c4)c(C(N)=O)c3N)C2)C1. The van der Waals surface area contributed by atoms with E-state index in [2.05, 4.69) is 16.8 Å². The van der Waals surface area contributed by atoms with Crippen LogP contribution >= 0.6 is 0 Å². The Morgan fingerprint density at radius 1 is 1.32 bits per heavy atom. The van der Waals surface area contributed by atoms with E-state index in [0.29, 0.717) is 25.6 Å². The maximum atomic E-state index is 14.7. The van der Waals surface area contributed by atoms with Gasteiger partial charge >= 0.3 is 0 Å². The lowest BCUT2D eigenvalue weighted by Gasteiger charge is -2.45. The van der Waals surface area contributed by atoms with E-state index in [9.17, 15) is 22.8 Å². The topological polar surface area (TPSA) is 125 Å². The second-order valence-corrected chi connectivity index (χ2v) is 10.3. The Labute approximate surface area is 216 Å². The summed E-state index contributed by atoms with van der Waals surface area (Å²) in [5.41, 5.74) is 12.0. The van der Waals surface area contributed by atoms with Crippen LogP contribution in [0.2, 0.25) is 0 Å². The highest BCUT2D eigenvalue weighted by Crippen LogP contribution is 2.54. The third-order valence-electron chi connectivity index (χ3n) is 7.59. The first kappa shape index (κ1) is 25.6. The van der Waals surface area contributed by atoms with Gasteiger partial charge in [0.2, 0.25) is 5.91 Å². The monoisotopic (exact) mass is 527 g/mol. The summed E-state index contributed by atoms with van der Waals surface area (Å²) in [6.45, 7) is 5.39. The van der Waals surface area contributed by atoms with Crippen molar-refractivity contribution in [1.29, 1.82) is 0 Å². The zero-order chi connectivity index (χ0) is 27.4. The molecule has 2 amide bonds. The summed E-state index contributed by atoms with van der Waals surface area (Å²) in [7, 11) is 0. The predicted octanol–water partition coefficient (Wildman–Crippen LogP) is 3.47. The molecule has 2 aliphatic rings. The molecule has 1 aliphatic heterocycles. The molecule has 0 bridgehead atoms. The lowest BCUT2D eigenvalue weighted by molar-refractivity contribution is -0.125. The number of alkyl halides is 2. The van der Waals surface area contributed by atoms with E-state index in [1.807, 2.05) is 0 Å². The van der Waals surface area contributed by atoms with Crippen molar-refractivity contribution in [1.82, 2.24) is 24.5 Å². The number of nitrogens with zero attached hydrogens (tertiary/aromatic N) is 5. The smallest absolute Gasteiger partial charge is 0.273 e. The first-order chi connectivity index (χ1) is 17.9. The van der Waals surface area contributed by atoms with Crippen molar-refractivity contribution in [2.45, 2.75) is 44.7 Å². The fourth-order valence-corrected chi connectivity index (χ4v) is 5.66. The number of benzene rings is 1. The molecule has 1 saturated carbocycles. The number of nitrogens with two attached hydrogens (primary N) is 2. The predicted molar refractivity (Wildman–Crippen MR) is 134 cm³/mol. The van der Waals surface area contributed by atoms with Gasteiger partial charge in [-0.1, -0.05) is 24.8 Å². The molecule has 38 heavy (non-hydrogen) atoms. The van der Waals surface area contributed by atoms with E-state index in [4.69, 9.17) is 11.5 Å². The molecule has 1 aromatic carbocycles. The summed E-state index contributed by atoms with van der Waals surface area (Å²) in [6, 6.07) is 3.76. The molecular weight excluding hydrogens is 499 g/mol. The molecule has 0 atom stereocenters. The molecule has 1 aliphatic carbocycles. The second kappa shape index (κ2) is 9.03. The number of carbonyl (C=O) groups excluding carboxylic acids is 2. The molecule has 5 rings (SSSR count). The van der Waals surface area contributed by atoms with Crippen LogP contribution in [0.1, 0.15) is 53.7 Å². The van der Waals surface area contributed by atoms with Crippen LogP contribution in [-0.2, 0) is 17.3 Å². The van der Waals surface area contributed by atoms with Crippen LogP contribution < -0.4 is 11.5 Å². The van der Waals surface area contributed by atoms with Gasteiger partial charge in [0.25, 0.3) is 11.8 Å². The number of hydrogen-bond acceptors (Lipinski definition) is 5. The zero-order valence-electron chi connectivity index (χ0n) is 20.8. The highest BCUT2D eigenvalue weighted by molar-refractivity contribution is 6.03. The molecule has 3 heterocycles. The highest BCUT2D eigenvalue weighted by Gasteiger charge is 2.50. The van der Waals surface area contributed by atoms with Crippen molar-refractivity contribution in [3.8, 4) is 11.3 Å². The minimum atomic E-state index is -3.33. The molecule has 0 radical (unpaired) electrons. The average Bonchev–Trinajstić information content (AvgIpc) is 3.55. The quantitative estimate of drug-likeness (QED) is 0.455. The average molecular weight is 528 g/mol. The third kappa shape index (κ3) is 4.33. The van der Waals surface area contributed by atoms with Crippen molar-refractivity contribution in [3.63, 3.8) is 0 Å². The standard InChI is InChI=1S/C26H28F3N7O2/c1-3-19(37)34-8-7-26(14-34)9-17(10-26)36-23(30)20(24(31)38)22(33-36)16-11-32-35(13-16)12-15-5-4-6-18(21(15)27)25(2,28)29/h3-6,11,13,17H,1,7-10,12,14,30H2,2H3,(H2,31,38). The maximum absolute atomic E-state index is 14.7. The van der Waals surface area contributed by atoms with E-state index in [-0.39, 0.29) is 46.5 Å². The number of primary amides is 1. The van der Waals surface area contributed by atoms with Crippen LogP contribution in [0.4, 0.5) is 19.0 Å². The summed E-state index contributed by atoms with van der Waals surface area (Å²) in [6.07, 6.45) is 6.65. The van der Waals surface area contributed by atoms with Crippen LogP contribution in [0.3, 0.4) is 0 Å². The van der Waals surface area contributed by atoms with Crippen LogP contribution in [0, 0.1) is 11.2 Å². The molecule has 200 valence electrons. The zero-order valence-corrected chi connectivity index (χ0v) is 20.8. The number of anilines is 1. The van der Waals surface area contributed by atoms with Gasteiger partial charge in [0.1, 0.15) is 22.9 Å². The largest absolute Gasteiger partial charge is 0.383 e. The molecular formula is C26H28F3N7O2. The van der Waals surface area contributed by atoms with Gasteiger partial charge in [0.05, 0.1) is 24.3 Å². The van der Waals surface area contributed by atoms with Crippen molar-refractivity contribution in [2.24, 2.45) is 11.1 Å². The number of nitrogen functional groups attached to an aromatic ring is 1. The second-order valence-electron chi connectivity index (χ2n) is 10.3. The molecule has 1 saturated heterocycles. The van der Waals surface area contributed by atoms with Gasteiger partial charge in [0.15, 0.2) is 0 Å². The Morgan fingerprint density at radius 3 is 2.71 bits per heavy atom. The minimum Gasteiger partial charge on any atom is -0.383 e. The Morgan fingerprint density at radius 2 is 2.05 bits per heavy atom. The molecule has 4 N–H and O–H groups in total. The molecule has 9 nitrogen and oxygen atoms in total. The fraction of sp³-hybridized carbons (Fsp3) is 0.385. The van der Waals surface area contributed by atoms with E-state index in [1.54, 1.807) is 9.58 Å². The Hall–Kier alpha value is -4.09. The molecule has 2 aromatic heterocycles. The molecule has 2 fully saturated rings. The van der Waals surface area contributed by atoms with E-state index >= 15 is 0 Å². The molecule has 12 heteroatoms. The van der Waals surface area contributed by atoms with Gasteiger partial charge in [-0.2, -0.15) is 10.2 Å². The van der Waals surface area contributed by atoms with Crippen LogP contribution in [-0.4, -0.2) is 49.4 Å². The van der Waals surface area contributed by atoms with E-state index in [0.717, 1.165) is 25.3 Å². The Balaban J connectivity index is 1.38. The van der Waals surface area contributed by atoms with Gasteiger partial charge in [-0.25, -0.2) is 17.9 Å². The number of halogens is 3. The lowest BCUT2D eigenvalue weighted by atomic mass is 9.65.